The van der Waals surface area contributed by atoms with Gasteiger partial charge in [-0.3, -0.25) is 4.79 Å². The number of hydrogen-bond acceptors (Lipinski definition) is 8. The molecule has 0 aromatic carbocycles. The van der Waals surface area contributed by atoms with Crippen molar-refractivity contribution < 1.29 is 24.1 Å². The Hall–Kier alpha value is -1.80. The molecule has 1 N–H and O–H groups in total. The van der Waals surface area contributed by atoms with Crippen molar-refractivity contribution in [3.05, 3.63) is 24.0 Å². The number of esters is 1. The van der Waals surface area contributed by atoms with Crippen LogP contribution in [0.25, 0.3) is 5.65 Å². The Labute approximate surface area is 236 Å². The molecule has 220 valence electrons. The molecule has 9 nitrogen and oxygen atoms in total. The van der Waals surface area contributed by atoms with Crippen molar-refractivity contribution in [2.24, 2.45) is 5.41 Å². The highest BCUT2D eigenvalue weighted by atomic mass is 28.3. The lowest BCUT2D eigenvalue weighted by Gasteiger charge is -2.36. The van der Waals surface area contributed by atoms with Crippen molar-refractivity contribution in [1.82, 2.24) is 14.6 Å². The topological polar surface area (TPSA) is 98.4 Å². The SMILES string of the molecule is CCOC(=O)C1(CO)CCC(c2cc(N(COCC[Si](C)(C)C)COCC[Si](C)(C)C)n3nccc3n2)CC1. The fourth-order valence-corrected chi connectivity index (χ4v) is 6.32. The van der Waals surface area contributed by atoms with E-state index < -0.39 is 21.6 Å². The van der Waals surface area contributed by atoms with Crippen molar-refractivity contribution in [2.75, 3.05) is 44.8 Å². The number of aliphatic hydroxyl groups excluding tert-OH is 1. The van der Waals surface area contributed by atoms with Crippen LogP contribution >= 0.6 is 0 Å². The van der Waals surface area contributed by atoms with Gasteiger partial charge in [0.2, 0.25) is 0 Å². The predicted octanol–water partition coefficient (Wildman–Crippen LogP) is 5.36. The Morgan fingerprint density at radius 3 is 2.18 bits per heavy atom. The lowest BCUT2D eigenvalue weighted by Crippen LogP contribution is -2.40. The van der Waals surface area contributed by atoms with Crippen molar-refractivity contribution >= 4 is 33.6 Å². The fourth-order valence-electron chi connectivity index (χ4n) is 4.80. The van der Waals surface area contributed by atoms with E-state index in [1.165, 1.54) is 0 Å². The zero-order chi connectivity index (χ0) is 28.7. The van der Waals surface area contributed by atoms with E-state index in [2.05, 4.69) is 55.3 Å². The van der Waals surface area contributed by atoms with Crippen LogP contribution in [0.2, 0.25) is 51.4 Å². The minimum absolute atomic E-state index is 0.181. The molecule has 0 atom stereocenters. The molecule has 0 bridgehead atoms. The predicted molar refractivity (Wildman–Crippen MR) is 161 cm³/mol. The number of aromatic nitrogens is 3. The first-order valence-electron chi connectivity index (χ1n) is 14.4. The monoisotopic (exact) mass is 578 g/mol. The summed E-state index contributed by atoms with van der Waals surface area (Å²) in [6, 6.07) is 6.23. The van der Waals surface area contributed by atoms with Gasteiger partial charge in [-0.25, -0.2) is 4.98 Å². The summed E-state index contributed by atoms with van der Waals surface area (Å²) in [6.45, 7) is 18.3. The molecule has 1 fully saturated rings. The van der Waals surface area contributed by atoms with E-state index in [-0.39, 0.29) is 18.5 Å². The van der Waals surface area contributed by atoms with Crippen molar-refractivity contribution in [3.63, 3.8) is 0 Å². The average Bonchev–Trinajstić information content (AvgIpc) is 3.35. The molecule has 11 heteroatoms. The van der Waals surface area contributed by atoms with Crippen LogP contribution in [-0.4, -0.2) is 81.7 Å². The molecule has 1 aliphatic carbocycles. The summed E-state index contributed by atoms with van der Waals surface area (Å²) in [7, 11) is -2.40. The van der Waals surface area contributed by atoms with E-state index in [0.29, 0.717) is 32.9 Å². The summed E-state index contributed by atoms with van der Waals surface area (Å²) >= 11 is 0. The highest BCUT2D eigenvalue weighted by Gasteiger charge is 2.43. The van der Waals surface area contributed by atoms with Gasteiger partial charge in [0.1, 0.15) is 19.3 Å². The van der Waals surface area contributed by atoms with Crippen LogP contribution in [0.4, 0.5) is 5.82 Å². The molecule has 2 heterocycles. The number of ether oxygens (including phenoxy) is 3. The Kier molecular flexibility index (Phi) is 11.2. The number of nitrogens with zero attached hydrogens (tertiary/aromatic N) is 4. The lowest BCUT2D eigenvalue weighted by atomic mass is 9.70. The van der Waals surface area contributed by atoms with E-state index in [9.17, 15) is 9.90 Å². The summed E-state index contributed by atoms with van der Waals surface area (Å²) in [5.41, 5.74) is 0.944. The van der Waals surface area contributed by atoms with Crippen LogP contribution in [0.15, 0.2) is 18.3 Å². The van der Waals surface area contributed by atoms with Crippen LogP contribution in [-0.2, 0) is 19.0 Å². The number of anilines is 1. The summed E-state index contributed by atoms with van der Waals surface area (Å²) in [5, 5.41) is 14.6. The minimum Gasteiger partial charge on any atom is -0.465 e. The number of carbonyl (C=O) groups excluding carboxylic acids is 1. The summed E-state index contributed by atoms with van der Waals surface area (Å²) in [5.74, 6) is 0.786. The van der Waals surface area contributed by atoms with E-state index in [0.717, 1.165) is 55.3 Å². The molecule has 1 saturated carbocycles. The van der Waals surface area contributed by atoms with Gasteiger partial charge in [0.15, 0.2) is 5.65 Å². The van der Waals surface area contributed by atoms with Crippen molar-refractivity contribution in [2.45, 2.75) is 89.9 Å². The molecule has 1 aliphatic rings. The maximum absolute atomic E-state index is 12.6. The molecule has 2 aromatic rings. The van der Waals surface area contributed by atoms with Gasteiger partial charge in [0.25, 0.3) is 0 Å². The third-order valence-corrected chi connectivity index (χ3v) is 11.0. The van der Waals surface area contributed by atoms with Gasteiger partial charge in [-0.1, -0.05) is 39.3 Å². The van der Waals surface area contributed by atoms with Crippen LogP contribution in [0, 0.1) is 5.41 Å². The average molecular weight is 579 g/mol. The number of hydrogen-bond donors (Lipinski definition) is 1. The molecule has 39 heavy (non-hydrogen) atoms. The van der Waals surface area contributed by atoms with E-state index in [1.54, 1.807) is 13.1 Å². The standard InChI is InChI=1S/C28H50N4O5Si2/c1-8-37-27(34)28(20-33)12-9-23(10-13-28)24-19-26(32-25(30-24)11-14-29-32)31(21-35-15-17-38(2,3)4)22-36-16-18-39(5,6)7/h11,14,19,23,33H,8-10,12-13,15-18,20-22H2,1-7H3. The van der Waals surface area contributed by atoms with E-state index in [1.807, 2.05) is 10.6 Å². The van der Waals surface area contributed by atoms with Gasteiger partial charge in [-0.15, -0.1) is 0 Å². The molecule has 0 unspecified atom stereocenters. The molecule has 0 radical (unpaired) electrons. The van der Waals surface area contributed by atoms with Gasteiger partial charge < -0.3 is 24.2 Å². The van der Waals surface area contributed by atoms with Gasteiger partial charge >= 0.3 is 5.97 Å². The quantitative estimate of drug-likeness (QED) is 0.131. The van der Waals surface area contributed by atoms with Crippen molar-refractivity contribution in [3.8, 4) is 0 Å². The molecule has 0 saturated heterocycles. The summed E-state index contributed by atoms with van der Waals surface area (Å²) in [4.78, 5) is 19.7. The lowest BCUT2D eigenvalue weighted by molar-refractivity contribution is -0.160. The van der Waals surface area contributed by atoms with Gasteiger partial charge in [-0.05, 0) is 44.7 Å². The second kappa shape index (κ2) is 13.7. The van der Waals surface area contributed by atoms with Crippen LogP contribution < -0.4 is 4.90 Å². The van der Waals surface area contributed by atoms with Crippen LogP contribution in [0.5, 0.6) is 0 Å². The Morgan fingerprint density at radius 1 is 1.08 bits per heavy atom. The van der Waals surface area contributed by atoms with Gasteiger partial charge in [0.05, 0.1) is 24.8 Å². The molecule has 0 aliphatic heterocycles. The largest absolute Gasteiger partial charge is 0.465 e. The maximum atomic E-state index is 12.6. The van der Waals surface area contributed by atoms with Gasteiger partial charge in [0, 0.05) is 53.1 Å². The molecular weight excluding hydrogens is 529 g/mol. The van der Waals surface area contributed by atoms with Gasteiger partial charge in [-0.2, -0.15) is 9.61 Å². The first-order valence-corrected chi connectivity index (χ1v) is 21.8. The maximum Gasteiger partial charge on any atom is 0.314 e. The van der Waals surface area contributed by atoms with Crippen LogP contribution in [0.1, 0.15) is 44.2 Å². The first-order chi connectivity index (χ1) is 18.4. The minimum atomic E-state index is -1.20. The number of aliphatic hydroxyl groups is 1. The first kappa shape index (κ1) is 31.7. The third-order valence-electron chi connectivity index (χ3n) is 7.54. The van der Waals surface area contributed by atoms with E-state index >= 15 is 0 Å². The second-order valence-corrected chi connectivity index (χ2v) is 24.6. The summed E-state index contributed by atoms with van der Waals surface area (Å²) in [6.07, 6.45) is 4.45. The highest BCUT2D eigenvalue weighted by Crippen LogP contribution is 2.44. The van der Waals surface area contributed by atoms with Crippen LogP contribution in [0.3, 0.4) is 0 Å². The number of carbonyl (C=O) groups is 1. The molecule has 3 rings (SSSR count). The molecule has 0 amide bonds. The zero-order valence-corrected chi connectivity index (χ0v) is 27.2. The second-order valence-electron chi connectivity index (χ2n) is 13.3. The molecule has 0 spiro atoms. The Balaban J connectivity index is 1.81. The smallest absolute Gasteiger partial charge is 0.314 e. The Morgan fingerprint density at radius 2 is 1.67 bits per heavy atom. The third kappa shape index (κ3) is 9.11. The Bertz CT molecular complexity index is 1040. The summed E-state index contributed by atoms with van der Waals surface area (Å²) < 4.78 is 19.5. The normalized spacial score (nSPS) is 20.4. The highest BCUT2D eigenvalue weighted by molar-refractivity contribution is 6.76. The number of fused-ring (bicyclic) bond motifs is 1. The molecular formula is C28H50N4O5Si2. The fraction of sp³-hybridized carbons (Fsp3) is 0.750. The number of rotatable bonds is 15. The van der Waals surface area contributed by atoms with Crippen molar-refractivity contribution in [1.29, 1.82) is 0 Å². The zero-order valence-electron chi connectivity index (χ0n) is 25.2. The molecule has 2 aromatic heterocycles. The van der Waals surface area contributed by atoms with E-state index in [4.69, 9.17) is 19.2 Å².